The number of piperidine rings is 2. The quantitative estimate of drug-likeness (QED) is 0.796. The Morgan fingerprint density at radius 1 is 1.20 bits per heavy atom. The molecule has 3 heterocycles. The van der Waals surface area contributed by atoms with E-state index in [-0.39, 0.29) is 5.91 Å². The Labute approximate surface area is 151 Å². The summed E-state index contributed by atoms with van der Waals surface area (Å²) in [5.74, 6) is 1.63. The van der Waals surface area contributed by atoms with Crippen molar-refractivity contribution in [1.82, 2.24) is 14.4 Å². The fourth-order valence-electron chi connectivity index (χ4n) is 4.17. The largest absolute Gasteiger partial charge is 0.354 e. The first-order valence-electron chi connectivity index (χ1n) is 9.72. The van der Waals surface area contributed by atoms with E-state index < -0.39 is 0 Å². The molecule has 1 aromatic heterocycles. The van der Waals surface area contributed by atoms with Gasteiger partial charge in [0.05, 0.1) is 0 Å². The van der Waals surface area contributed by atoms with Gasteiger partial charge in [-0.1, -0.05) is 13.8 Å². The van der Waals surface area contributed by atoms with Gasteiger partial charge in [-0.25, -0.2) is 0 Å². The van der Waals surface area contributed by atoms with Crippen LogP contribution in [0.3, 0.4) is 0 Å². The number of hydrogen-bond donors (Lipinski definition) is 0. The van der Waals surface area contributed by atoms with Gasteiger partial charge in [-0.3, -0.25) is 9.59 Å². The monoisotopic (exact) mass is 345 g/mol. The van der Waals surface area contributed by atoms with Gasteiger partial charge in [-0.2, -0.15) is 0 Å². The van der Waals surface area contributed by atoms with Crippen LogP contribution in [-0.4, -0.2) is 51.9 Å². The fraction of sp³-hybridized carbons (Fsp3) is 0.700. The molecule has 2 atom stereocenters. The summed E-state index contributed by atoms with van der Waals surface area (Å²) in [4.78, 5) is 29.1. The van der Waals surface area contributed by atoms with E-state index in [2.05, 4.69) is 23.3 Å². The van der Waals surface area contributed by atoms with Gasteiger partial charge >= 0.3 is 0 Å². The van der Waals surface area contributed by atoms with Crippen molar-refractivity contribution in [3.63, 3.8) is 0 Å². The molecule has 0 aromatic carbocycles. The number of fused-ring (bicyclic) bond motifs is 1. The van der Waals surface area contributed by atoms with Crippen LogP contribution in [-0.2, 0) is 16.1 Å². The third-order valence-electron chi connectivity index (χ3n) is 5.69. The Morgan fingerprint density at radius 3 is 2.68 bits per heavy atom. The number of aryl methyl sites for hydroxylation is 1. The van der Waals surface area contributed by atoms with Crippen molar-refractivity contribution >= 4 is 11.8 Å². The molecule has 0 radical (unpaired) electrons. The molecule has 25 heavy (non-hydrogen) atoms. The fourth-order valence-corrected chi connectivity index (χ4v) is 4.17. The molecular weight excluding hydrogens is 314 g/mol. The third-order valence-corrected chi connectivity index (χ3v) is 5.69. The van der Waals surface area contributed by atoms with Gasteiger partial charge in [-0.15, -0.1) is 0 Å². The number of aromatic nitrogens is 1. The SMILES string of the molecule is CC(C)CCN1C(=O)CC[C@H]2CN(C(=O)CCn3cccc3)CC[C@H]21. The molecule has 138 valence electrons. The van der Waals surface area contributed by atoms with E-state index in [1.165, 1.54) is 0 Å². The summed E-state index contributed by atoms with van der Waals surface area (Å²) in [5.41, 5.74) is 0. The van der Waals surface area contributed by atoms with Crippen LogP contribution < -0.4 is 0 Å². The normalized spacial score (nSPS) is 23.9. The average molecular weight is 345 g/mol. The van der Waals surface area contributed by atoms with Gasteiger partial charge in [-0.05, 0) is 43.2 Å². The summed E-state index contributed by atoms with van der Waals surface area (Å²) in [5, 5.41) is 0. The lowest BCUT2D eigenvalue weighted by Gasteiger charge is -2.47. The standard InChI is InChI=1S/C20H31N3O2/c1-16(2)7-14-23-18-8-13-22(15-17(18)5-6-20(23)25)19(24)9-12-21-10-3-4-11-21/h3-4,10-11,16-18H,5-9,12-15H2,1-2H3/t17-,18+/m0/s1. The van der Waals surface area contributed by atoms with Crippen molar-refractivity contribution in [3.05, 3.63) is 24.5 Å². The van der Waals surface area contributed by atoms with Crippen molar-refractivity contribution in [1.29, 1.82) is 0 Å². The second kappa shape index (κ2) is 8.07. The predicted molar refractivity (Wildman–Crippen MR) is 97.9 cm³/mol. The Morgan fingerprint density at radius 2 is 1.96 bits per heavy atom. The van der Waals surface area contributed by atoms with E-state index >= 15 is 0 Å². The Bertz CT molecular complexity index is 582. The zero-order valence-electron chi connectivity index (χ0n) is 15.6. The molecule has 2 fully saturated rings. The van der Waals surface area contributed by atoms with E-state index in [9.17, 15) is 9.59 Å². The summed E-state index contributed by atoms with van der Waals surface area (Å²) in [7, 11) is 0. The molecule has 5 heteroatoms. The topological polar surface area (TPSA) is 45.6 Å². The van der Waals surface area contributed by atoms with Crippen LogP contribution in [0.2, 0.25) is 0 Å². The Hall–Kier alpha value is -1.78. The molecule has 0 bridgehead atoms. The van der Waals surface area contributed by atoms with Crippen molar-refractivity contribution in [2.45, 2.75) is 58.5 Å². The average Bonchev–Trinajstić information content (AvgIpc) is 3.11. The van der Waals surface area contributed by atoms with E-state index in [0.29, 0.717) is 36.6 Å². The first-order chi connectivity index (χ1) is 12.0. The molecule has 2 amide bonds. The van der Waals surface area contributed by atoms with Gasteiger partial charge in [0.1, 0.15) is 0 Å². The molecule has 2 aliphatic heterocycles. The molecule has 0 spiro atoms. The second-order valence-electron chi connectivity index (χ2n) is 7.94. The van der Waals surface area contributed by atoms with Crippen LogP contribution in [0.1, 0.15) is 46.0 Å². The molecule has 3 rings (SSSR count). The summed E-state index contributed by atoms with van der Waals surface area (Å²) >= 11 is 0. The van der Waals surface area contributed by atoms with Crippen molar-refractivity contribution < 1.29 is 9.59 Å². The predicted octanol–water partition coefficient (Wildman–Crippen LogP) is 2.76. The highest BCUT2D eigenvalue weighted by atomic mass is 16.2. The van der Waals surface area contributed by atoms with Crippen molar-refractivity contribution in [2.24, 2.45) is 11.8 Å². The summed E-state index contributed by atoms with van der Waals surface area (Å²) in [6.07, 6.45) is 8.13. The van der Waals surface area contributed by atoms with Gasteiger partial charge in [0.2, 0.25) is 11.8 Å². The number of nitrogens with zero attached hydrogens (tertiary/aromatic N) is 3. The van der Waals surface area contributed by atoms with Gasteiger partial charge in [0.25, 0.3) is 0 Å². The minimum Gasteiger partial charge on any atom is -0.354 e. The molecule has 2 aliphatic rings. The van der Waals surface area contributed by atoms with E-state index in [0.717, 1.165) is 45.4 Å². The number of carbonyl (C=O) groups excluding carboxylic acids is 2. The third kappa shape index (κ3) is 4.44. The smallest absolute Gasteiger partial charge is 0.224 e. The molecule has 0 saturated carbocycles. The molecule has 1 aromatic rings. The minimum absolute atomic E-state index is 0.248. The summed E-state index contributed by atoms with van der Waals surface area (Å²) in [6, 6.07) is 4.31. The minimum atomic E-state index is 0.248. The number of carbonyl (C=O) groups is 2. The lowest BCUT2D eigenvalue weighted by molar-refractivity contribution is -0.144. The van der Waals surface area contributed by atoms with Crippen molar-refractivity contribution in [2.75, 3.05) is 19.6 Å². The highest BCUT2D eigenvalue weighted by Crippen LogP contribution is 2.32. The number of hydrogen-bond acceptors (Lipinski definition) is 2. The van der Waals surface area contributed by atoms with Gasteiger partial charge in [0, 0.05) is 57.5 Å². The number of likely N-dealkylation sites (tertiary alicyclic amines) is 2. The molecule has 0 N–H and O–H groups in total. The summed E-state index contributed by atoms with van der Waals surface area (Å²) in [6.45, 7) is 7.64. The van der Waals surface area contributed by atoms with Crippen LogP contribution in [0.4, 0.5) is 0 Å². The zero-order valence-corrected chi connectivity index (χ0v) is 15.6. The Kier molecular flexibility index (Phi) is 5.82. The number of amides is 2. The van der Waals surface area contributed by atoms with Crippen LogP contribution in [0.5, 0.6) is 0 Å². The van der Waals surface area contributed by atoms with Crippen LogP contribution in [0.25, 0.3) is 0 Å². The highest BCUT2D eigenvalue weighted by molar-refractivity contribution is 5.78. The maximum Gasteiger partial charge on any atom is 0.224 e. The molecular formula is C20H31N3O2. The van der Waals surface area contributed by atoms with Crippen LogP contribution in [0.15, 0.2) is 24.5 Å². The number of rotatable bonds is 6. The second-order valence-corrected chi connectivity index (χ2v) is 7.94. The van der Waals surface area contributed by atoms with E-state index in [4.69, 9.17) is 0 Å². The van der Waals surface area contributed by atoms with Crippen LogP contribution in [0, 0.1) is 11.8 Å². The summed E-state index contributed by atoms with van der Waals surface area (Å²) < 4.78 is 2.05. The van der Waals surface area contributed by atoms with E-state index in [1.807, 2.05) is 29.4 Å². The maximum absolute atomic E-state index is 12.6. The van der Waals surface area contributed by atoms with E-state index in [1.54, 1.807) is 0 Å². The highest BCUT2D eigenvalue weighted by Gasteiger charge is 2.39. The van der Waals surface area contributed by atoms with Gasteiger partial charge in [0.15, 0.2) is 0 Å². The lowest BCUT2D eigenvalue weighted by atomic mass is 9.83. The van der Waals surface area contributed by atoms with Crippen molar-refractivity contribution in [3.8, 4) is 0 Å². The first-order valence-corrected chi connectivity index (χ1v) is 9.72. The zero-order chi connectivity index (χ0) is 17.8. The Balaban J connectivity index is 1.54. The maximum atomic E-state index is 12.6. The molecule has 0 unspecified atom stereocenters. The van der Waals surface area contributed by atoms with Gasteiger partial charge < -0.3 is 14.4 Å². The molecule has 5 nitrogen and oxygen atoms in total. The van der Waals surface area contributed by atoms with Crippen LogP contribution >= 0.6 is 0 Å². The molecule has 2 saturated heterocycles. The molecule has 0 aliphatic carbocycles. The first kappa shape index (κ1) is 18.0. The lowest BCUT2D eigenvalue weighted by Crippen LogP contribution is -2.57.